The van der Waals surface area contributed by atoms with E-state index in [0.29, 0.717) is 12.1 Å². The van der Waals surface area contributed by atoms with Gasteiger partial charge in [-0.3, -0.25) is 9.59 Å². The fraction of sp³-hybridized carbons (Fsp3) is 0.111. The Labute approximate surface area is 69.6 Å². The van der Waals surface area contributed by atoms with Gasteiger partial charge in [0, 0.05) is 0 Å². The van der Waals surface area contributed by atoms with Crippen LogP contribution in [-0.2, 0) is 16.0 Å². The highest BCUT2D eigenvalue weighted by Gasteiger charge is 2.26. The van der Waals surface area contributed by atoms with Crippen LogP contribution in [0.2, 0.25) is 0 Å². The predicted molar refractivity (Wildman–Crippen MR) is 43.3 cm³/mol. The molecule has 1 radical (unpaired) electrons. The molecule has 2 rings (SSSR count). The molecule has 0 saturated carbocycles. The lowest BCUT2D eigenvalue weighted by atomic mass is 10.2. The summed E-state index contributed by atoms with van der Waals surface area (Å²) in [5.74, 6) is -0.203. The van der Waals surface area contributed by atoms with Crippen molar-refractivity contribution in [1.82, 2.24) is 0 Å². The normalized spacial score (nSPS) is 14.7. The Hall–Kier alpha value is -1.64. The molecule has 59 valence electrons. The van der Waals surface area contributed by atoms with Crippen molar-refractivity contribution >= 4 is 18.0 Å². The Balaban J connectivity index is 2.54. The van der Waals surface area contributed by atoms with Crippen molar-refractivity contribution in [2.24, 2.45) is 0 Å². The molecule has 1 aliphatic rings. The van der Waals surface area contributed by atoms with E-state index in [4.69, 9.17) is 0 Å². The lowest BCUT2D eigenvalue weighted by molar-refractivity contribution is -0.116. The maximum Gasteiger partial charge on any atom is 0.324 e. The molecule has 12 heavy (non-hydrogen) atoms. The third-order valence-corrected chi connectivity index (χ3v) is 1.91. The summed E-state index contributed by atoms with van der Waals surface area (Å²) in [6, 6.07) is 7.22. The molecule has 0 saturated heterocycles. The fourth-order valence-corrected chi connectivity index (χ4v) is 1.35. The molecule has 1 aliphatic heterocycles. The molecule has 0 fully saturated rings. The maximum absolute atomic E-state index is 11.1. The van der Waals surface area contributed by atoms with Crippen molar-refractivity contribution in [3.63, 3.8) is 0 Å². The summed E-state index contributed by atoms with van der Waals surface area (Å²) in [5, 5.41) is 0. The lowest BCUT2D eigenvalue weighted by Crippen LogP contribution is -2.24. The van der Waals surface area contributed by atoms with Crippen molar-refractivity contribution < 1.29 is 9.59 Å². The summed E-state index contributed by atoms with van der Waals surface area (Å²) >= 11 is 0. The monoisotopic (exact) mass is 160 g/mol. The molecule has 0 unspecified atom stereocenters. The number of benzene rings is 1. The fourth-order valence-electron chi connectivity index (χ4n) is 1.35. The van der Waals surface area contributed by atoms with E-state index in [-0.39, 0.29) is 5.91 Å². The van der Waals surface area contributed by atoms with Crippen molar-refractivity contribution in [2.75, 3.05) is 4.90 Å². The number of carbonyl (C=O) groups excluding carboxylic acids is 2. The highest BCUT2D eigenvalue weighted by molar-refractivity contribution is 6.12. The molecule has 0 N–H and O–H groups in total. The minimum absolute atomic E-state index is 0.203. The number of anilines is 1. The van der Waals surface area contributed by atoms with Gasteiger partial charge in [-0.15, -0.1) is 0 Å². The lowest BCUT2D eigenvalue weighted by Gasteiger charge is -2.04. The Morgan fingerprint density at radius 3 is 2.83 bits per heavy atom. The summed E-state index contributed by atoms with van der Waals surface area (Å²) in [6.45, 7) is 0. The second kappa shape index (κ2) is 2.44. The van der Waals surface area contributed by atoms with E-state index in [1.807, 2.05) is 12.1 Å². The summed E-state index contributed by atoms with van der Waals surface area (Å²) in [7, 11) is 0. The van der Waals surface area contributed by atoms with Crippen LogP contribution in [0.5, 0.6) is 0 Å². The van der Waals surface area contributed by atoms with Gasteiger partial charge in [-0.2, -0.15) is 0 Å². The average molecular weight is 160 g/mol. The second-order valence-electron chi connectivity index (χ2n) is 2.63. The number of carbonyl (C=O) groups is 1. The molecule has 1 aromatic rings. The number of para-hydroxylation sites is 1. The maximum atomic E-state index is 11.1. The molecule has 3 heteroatoms. The Kier molecular flexibility index (Phi) is 1.43. The van der Waals surface area contributed by atoms with Crippen LogP contribution in [-0.4, -0.2) is 12.3 Å². The van der Waals surface area contributed by atoms with Crippen LogP contribution in [0.15, 0.2) is 24.3 Å². The van der Waals surface area contributed by atoms with E-state index in [0.717, 1.165) is 10.5 Å². The Bertz CT molecular complexity index is 346. The van der Waals surface area contributed by atoms with Crippen LogP contribution in [0.1, 0.15) is 5.56 Å². The van der Waals surface area contributed by atoms with E-state index in [1.165, 1.54) is 0 Å². The van der Waals surface area contributed by atoms with E-state index in [1.54, 1.807) is 18.5 Å². The number of hydrogen-bond donors (Lipinski definition) is 0. The standard InChI is InChI=1S/C9H6NO2/c11-6-10-8-4-2-1-3-7(8)5-9(10)12/h1-4H,5H2. The van der Waals surface area contributed by atoms with Crippen molar-refractivity contribution in [3.8, 4) is 0 Å². The van der Waals surface area contributed by atoms with E-state index < -0.39 is 0 Å². The smallest absolute Gasteiger partial charge is 0.274 e. The first-order valence-corrected chi connectivity index (χ1v) is 3.61. The first-order chi connectivity index (χ1) is 5.83. The van der Waals surface area contributed by atoms with Crippen LogP contribution in [0, 0.1) is 0 Å². The zero-order valence-electron chi connectivity index (χ0n) is 6.28. The third-order valence-electron chi connectivity index (χ3n) is 1.91. The second-order valence-corrected chi connectivity index (χ2v) is 2.63. The van der Waals surface area contributed by atoms with Gasteiger partial charge in [0.25, 0.3) is 0 Å². The number of amides is 2. The van der Waals surface area contributed by atoms with Crippen LogP contribution in [0.4, 0.5) is 5.69 Å². The molecular formula is C9H6NO2. The van der Waals surface area contributed by atoms with E-state index in [9.17, 15) is 9.59 Å². The zero-order chi connectivity index (χ0) is 8.55. The summed E-state index contributed by atoms with van der Waals surface area (Å²) in [5.41, 5.74) is 1.56. The largest absolute Gasteiger partial charge is 0.324 e. The van der Waals surface area contributed by atoms with Crippen LogP contribution < -0.4 is 4.90 Å². The summed E-state index contributed by atoms with van der Waals surface area (Å²) in [6.07, 6.45) is 1.91. The minimum Gasteiger partial charge on any atom is -0.274 e. The zero-order valence-corrected chi connectivity index (χ0v) is 6.28. The van der Waals surface area contributed by atoms with Crippen LogP contribution >= 0.6 is 0 Å². The molecule has 2 amide bonds. The van der Waals surface area contributed by atoms with Gasteiger partial charge < -0.3 is 0 Å². The van der Waals surface area contributed by atoms with Crippen molar-refractivity contribution in [2.45, 2.75) is 6.42 Å². The molecule has 0 aliphatic carbocycles. The number of nitrogens with zero attached hydrogens (tertiary/aromatic N) is 1. The highest BCUT2D eigenvalue weighted by atomic mass is 16.2. The minimum atomic E-state index is -0.203. The van der Waals surface area contributed by atoms with Gasteiger partial charge in [0.2, 0.25) is 5.91 Å². The van der Waals surface area contributed by atoms with Crippen LogP contribution in [0.25, 0.3) is 0 Å². The average Bonchev–Trinajstić information content (AvgIpc) is 2.40. The van der Waals surface area contributed by atoms with Gasteiger partial charge in [-0.05, 0) is 11.6 Å². The Morgan fingerprint density at radius 2 is 2.08 bits per heavy atom. The topological polar surface area (TPSA) is 37.4 Å². The molecule has 0 spiro atoms. The van der Waals surface area contributed by atoms with Crippen LogP contribution in [0.3, 0.4) is 0 Å². The van der Waals surface area contributed by atoms with E-state index >= 15 is 0 Å². The van der Waals surface area contributed by atoms with Gasteiger partial charge in [-0.25, -0.2) is 4.90 Å². The van der Waals surface area contributed by atoms with Gasteiger partial charge in [-0.1, -0.05) is 18.2 Å². The molecule has 1 aromatic carbocycles. The third kappa shape index (κ3) is 0.830. The van der Waals surface area contributed by atoms with Gasteiger partial charge >= 0.3 is 6.41 Å². The van der Waals surface area contributed by atoms with Gasteiger partial charge in [0.1, 0.15) is 0 Å². The first-order valence-electron chi connectivity index (χ1n) is 3.61. The molecular weight excluding hydrogens is 154 g/mol. The molecule has 1 heterocycles. The van der Waals surface area contributed by atoms with Gasteiger partial charge in [0.15, 0.2) is 0 Å². The van der Waals surface area contributed by atoms with E-state index in [2.05, 4.69) is 0 Å². The first kappa shape index (κ1) is 7.03. The number of imide groups is 1. The summed E-state index contributed by atoms with van der Waals surface area (Å²) in [4.78, 5) is 22.5. The quantitative estimate of drug-likeness (QED) is 0.604. The number of rotatable bonds is 1. The number of hydrogen-bond acceptors (Lipinski definition) is 2. The predicted octanol–water partition coefficient (Wildman–Crippen LogP) is 0.643. The Morgan fingerprint density at radius 1 is 1.33 bits per heavy atom. The number of fused-ring (bicyclic) bond motifs is 1. The molecule has 0 atom stereocenters. The molecule has 0 bridgehead atoms. The van der Waals surface area contributed by atoms with Crippen molar-refractivity contribution in [3.05, 3.63) is 29.8 Å². The van der Waals surface area contributed by atoms with Crippen molar-refractivity contribution in [1.29, 1.82) is 0 Å². The highest BCUT2D eigenvalue weighted by Crippen LogP contribution is 2.26. The summed E-state index contributed by atoms with van der Waals surface area (Å²) < 4.78 is 0. The van der Waals surface area contributed by atoms with Gasteiger partial charge in [0.05, 0.1) is 12.1 Å². The SMILES string of the molecule is O=[C]N1C(=O)Cc2ccccc21. The molecule has 3 nitrogen and oxygen atoms in total. The molecule has 0 aromatic heterocycles.